The summed E-state index contributed by atoms with van der Waals surface area (Å²) in [5.74, 6) is 1.79. The first-order valence-corrected chi connectivity index (χ1v) is 10.0. The van der Waals surface area contributed by atoms with E-state index < -0.39 is 12.2 Å². The lowest BCUT2D eigenvalue weighted by molar-refractivity contribution is -0.138. The highest BCUT2D eigenvalue weighted by molar-refractivity contribution is 6.08. The van der Waals surface area contributed by atoms with Crippen molar-refractivity contribution in [1.82, 2.24) is 14.7 Å². The normalized spacial score (nSPS) is 23.0. The molecule has 10 heteroatoms. The Morgan fingerprint density at radius 2 is 1.97 bits per heavy atom. The number of guanidine groups is 1. The van der Waals surface area contributed by atoms with Crippen molar-refractivity contribution in [3.8, 4) is 11.5 Å². The number of hydrogen-bond acceptors (Lipinski definition) is 8. The molecule has 0 radical (unpaired) electrons. The van der Waals surface area contributed by atoms with E-state index in [2.05, 4.69) is 0 Å². The van der Waals surface area contributed by atoms with Crippen LogP contribution in [-0.4, -0.2) is 98.9 Å². The minimum Gasteiger partial charge on any atom is -0.497 e. The van der Waals surface area contributed by atoms with Gasteiger partial charge in [-0.25, -0.2) is 9.79 Å². The van der Waals surface area contributed by atoms with Crippen LogP contribution in [0, 0.1) is 0 Å². The molecular formula is C20H27N5O5. The molecule has 2 unspecified atom stereocenters. The van der Waals surface area contributed by atoms with Gasteiger partial charge in [-0.05, 0) is 19.1 Å². The van der Waals surface area contributed by atoms with E-state index in [9.17, 15) is 9.59 Å². The summed E-state index contributed by atoms with van der Waals surface area (Å²) in [5, 5.41) is 0. The largest absolute Gasteiger partial charge is 0.497 e. The highest BCUT2D eigenvalue weighted by Crippen LogP contribution is 2.38. The number of likely N-dealkylation sites (N-methyl/N-ethyl adjacent to an activating group) is 1. The number of benzene rings is 1. The van der Waals surface area contributed by atoms with Crippen molar-refractivity contribution >= 4 is 23.6 Å². The Morgan fingerprint density at radius 3 is 2.67 bits per heavy atom. The molecule has 2 saturated heterocycles. The molecule has 0 bridgehead atoms. The first-order valence-electron chi connectivity index (χ1n) is 10.0. The van der Waals surface area contributed by atoms with Gasteiger partial charge in [0.15, 0.2) is 12.2 Å². The maximum Gasteiger partial charge on any atom is 0.328 e. The number of rotatable bonds is 7. The van der Waals surface area contributed by atoms with Gasteiger partial charge in [0.25, 0.3) is 5.91 Å². The predicted octanol–water partition coefficient (Wildman–Crippen LogP) is 0.821. The molecule has 1 aromatic carbocycles. The Kier molecular flexibility index (Phi) is 5.42. The van der Waals surface area contributed by atoms with Crippen LogP contribution in [0.1, 0.15) is 6.92 Å². The maximum atomic E-state index is 13.2. The van der Waals surface area contributed by atoms with Crippen molar-refractivity contribution in [1.29, 1.82) is 0 Å². The summed E-state index contributed by atoms with van der Waals surface area (Å²) < 4.78 is 16.2. The first kappa shape index (κ1) is 20.3. The smallest absolute Gasteiger partial charge is 0.328 e. The Morgan fingerprint density at radius 1 is 1.17 bits per heavy atom. The summed E-state index contributed by atoms with van der Waals surface area (Å²) in [4.78, 5) is 37.5. The van der Waals surface area contributed by atoms with E-state index in [-0.39, 0.29) is 18.5 Å². The van der Waals surface area contributed by atoms with Crippen LogP contribution in [0.15, 0.2) is 23.2 Å². The summed E-state index contributed by atoms with van der Waals surface area (Å²) in [6, 6.07) is 4.71. The number of amides is 3. The van der Waals surface area contributed by atoms with E-state index in [1.807, 2.05) is 34.9 Å². The number of imide groups is 1. The first-order chi connectivity index (χ1) is 14.5. The summed E-state index contributed by atoms with van der Waals surface area (Å²) in [6.07, 6.45) is -0.546. The van der Waals surface area contributed by atoms with E-state index in [0.717, 1.165) is 5.69 Å². The molecule has 10 nitrogen and oxygen atoms in total. The zero-order valence-corrected chi connectivity index (χ0v) is 17.7. The number of nitrogens with zero attached hydrogens (tertiary/aromatic N) is 5. The zero-order valence-electron chi connectivity index (χ0n) is 17.7. The molecule has 2 fully saturated rings. The van der Waals surface area contributed by atoms with Gasteiger partial charge in [-0.15, -0.1) is 0 Å². The van der Waals surface area contributed by atoms with Crippen LogP contribution in [-0.2, 0) is 9.53 Å². The highest BCUT2D eigenvalue weighted by atomic mass is 16.5. The number of fused-ring (bicyclic) bond motifs is 3. The molecule has 0 saturated carbocycles. The standard InChI is InChI=1S/C20H27N5O5/c1-5-30-11-10-25-18(26)16-17(22(2)20(25)27)21-19-23(8-9-24(16)19)14-7-6-13(28-3)12-15(14)29-4/h6-7,12,16-17H,5,8-11H2,1-4H3. The number of aliphatic imine (C=N–C) groups is 1. The summed E-state index contributed by atoms with van der Waals surface area (Å²) in [6.45, 7) is 4.26. The SMILES string of the molecule is CCOCCN1C(=O)C2C(N=C3N(c4ccc(OC)cc4OC)CCN32)N(C)C1=O. The topological polar surface area (TPSA) is 87.2 Å². The van der Waals surface area contributed by atoms with Crippen molar-refractivity contribution in [2.24, 2.45) is 4.99 Å². The monoisotopic (exact) mass is 417 g/mol. The number of methoxy groups -OCH3 is 2. The molecule has 3 aliphatic rings. The lowest BCUT2D eigenvalue weighted by atomic mass is 10.1. The van der Waals surface area contributed by atoms with E-state index in [4.69, 9.17) is 19.2 Å². The van der Waals surface area contributed by atoms with Gasteiger partial charge in [0.2, 0.25) is 5.96 Å². The molecule has 4 rings (SSSR count). The maximum absolute atomic E-state index is 13.2. The lowest BCUT2D eigenvalue weighted by Crippen LogP contribution is -2.65. The number of hydrogen-bond donors (Lipinski definition) is 0. The van der Waals surface area contributed by atoms with Crippen molar-refractivity contribution < 1.29 is 23.8 Å². The van der Waals surface area contributed by atoms with Gasteiger partial charge < -0.3 is 28.9 Å². The van der Waals surface area contributed by atoms with Gasteiger partial charge in [-0.3, -0.25) is 9.69 Å². The van der Waals surface area contributed by atoms with Crippen molar-refractivity contribution in [2.45, 2.75) is 19.1 Å². The fraction of sp³-hybridized carbons (Fsp3) is 0.550. The average Bonchev–Trinajstić information content (AvgIpc) is 3.33. The quantitative estimate of drug-likeness (QED) is 0.607. The van der Waals surface area contributed by atoms with Crippen LogP contribution >= 0.6 is 0 Å². The fourth-order valence-corrected chi connectivity index (χ4v) is 4.18. The number of ether oxygens (including phenoxy) is 3. The van der Waals surface area contributed by atoms with Crippen LogP contribution < -0.4 is 14.4 Å². The highest BCUT2D eigenvalue weighted by Gasteiger charge is 2.54. The second-order valence-corrected chi connectivity index (χ2v) is 7.25. The molecule has 3 heterocycles. The van der Waals surface area contributed by atoms with Crippen LogP contribution in [0.4, 0.5) is 10.5 Å². The summed E-state index contributed by atoms with van der Waals surface area (Å²) in [5.41, 5.74) is 0.841. The van der Waals surface area contributed by atoms with Crippen LogP contribution in [0.5, 0.6) is 11.5 Å². The lowest BCUT2D eigenvalue weighted by Gasteiger charge is -2.40. The Labute approximate surface area is 175 Å². The van der Waals surface area contributed by atoms with E-state index in [0.29, 0.717) is 43.8 Å². The second kappa shape index (κ2) is 8.02. The Hall–Kier alpha value is -3.01. The zero-order chi connectivity index (χ0) is 21.4. The molecule has 0 aromatic heterocycles. The van der Waals surface area contributed by atoms with Gasteiger partial charge >= 0.3 is 6.03 Å². The molecule has 30 heavy (non-hydrogen) atoms. The van der Waals surface area contributed by atoms with Gasteiger partial charge in [0, 0.05) is 32.8 Å². The summed E-state index contributed by atoms with van der Waals surface area (Å²) in [7, 11) is 4.90. The predicted molar refractivity (Wildman–Crippen MR) is 110 cm³/mol. The van der Waals surface area contributed by atoms with Crippen LogP contribution in [0.3, 0.4) is 0 Å². The molecule has 0 spiro atoms. The van der Waals surface area contributed by atoms with Crippen LogP contribution in [0.2, 0.25) is 0 Å². The third kappa shape index (κ3) is 3.11. The Balaban J connectivity index is 1.62. The molecule has 3 aliphatic heterocycles. The second-order valence-electron chi connectivity index (χ2n) is 7.25. The third-order valence-corrected chi connectivity index (χ3v) is 5.72. The Bertz CT molecular complexity index is 875. The van der Waals surface area contributed by atoms with E-state index >= 15 is 0 Å². The summed E-state index contributed by atoms with van der Waals surface area (Å²) >= 11 is 0. The number of carbonyl (C=O) groups is 2. The van der Waals surface area contributed by atoms with Crippen molar-refractivity contribution in [3.05, 3.63) is 18.2 Å². The molecule has 2 atom stereocenters. The minimum absolute atomic E-state index is 0.231. The molecule has 0 N–H and O–H groups in total. The van der Waals surface area contributed by atoms with Gasteiger partial charge in [0.1, 0.15) is 11.5 Å². The third-order valence-electron chi connectivity index (χ3n) is 5.72. The van der Waals surface area contributed by atoms with Gasteiger partial charge in [0.05, 0.1) is 33.1 Å². The van der Waals surface area contributed by atoms with Gasteiger partial charge in [-0.2, -0.15) is 0 Å². The average molecular weight is 417 g/mol. The van der Waals surface area contributed by atoms with Crippen molar-refractivity contribution in [2.75, 3.05) is 59.0 Å². The van der Waals surface area contributed by atoms with Gasteiger partial charge in [-0.1, -0.05) is 0 Å². The van der Waals surface area contributed by atoms with E-state index in [1.54, 1.807) is 21.3 Å². The number of urea groups is 1. The van der Waals surface area contributed by atoms with Crippen LogP contribution in [0.25, 0.3) is 0 Å². The van der Waals surface area contributed by atoms with Crippen molar-refractivity contribution in [3.63, 3.8) is 0 Å². The minimum atomic E-state index is -0.546. The molecule has 3 amide bonds. The molecule has 1 aromatic rings. The van der Waals surface area contributed by atoms with E-state index in [1.165, 1.54) is 9.80 Å². The number of carbonyl (C=O) groups excluding carboxylic acids is 2. The molecule has 162 valence electrons. The number of anilines is 1. The fourth-order valence-electron chi connectivity index (χ4n) is 4.18. The molecular weight excluding hydrogens is 390 g/mol. The molecule has 0 aliphatic carbocycles.